The molecule has 0 fully saturated rings. The molecule has 1 aliphatic heterocycles. The van der Waals surface area contributed by atoms with E-state index in [0.29, 0.717) is 31.3 Å². The fraction of sp³-hybridized carbons (Fsp3) is 0.217. The van der Waals surface area contributed by atoms with Gasteiger partial charge in [0, 0.05) is 18.5 Å². The van der Waals surface area contributed by atoms with Crippen LogP contribution in [0.25, 0.3) is 16.9 Å². The summed E-state index contributed by atoms with van der Waals surface area (Å²) < 4.78 is 7.23. The Balaban J connectivity index is 1.62. The molecule has 1 aliphatic rings. The largest absolute Gasteiger partial charge is 0.376 e. The first-order valence-corrected chi connectivity index (χ1v) is 10.2. The van der Waals surface area contributed by atoms with Gasteiger partial charge in [-0.25, -0.2) is 14.5 Å². The van der Waals surface area contributed by atoms with Gasteiger partial charge in [-0.1, -0.05) is 36.4 Å². The SMILES string of the molecule is Cc1nn2c(C(N)=O)cccc2c1-c1nc2c(c(NCc3ccccc3)n1)COCC2. The fourth-order valence-corrected chi connectivity index (χ4v) is 3.92. The highest BCUT2D eigenvalue weighted by atomic mass is 16.5. The lowest BCUT2D eigenvalue weighted by atomic mass is 10.1. The predicted octanol–water partition coefficient (Wildman–Crippen LogP) is 2.88. The van der Waals surface area contributed by atoms with Crippen molar-refractivity contribution in [2.24, 2.45) is 5.73 Å². The van der Waals surface area contributed by atoms with Crippen LogP contribution in [-0.4, -0.2) is 32.1 Å². The molecule has 156 valence electrons. The summed E-state index contributed by atoms with van der Waals surface area (Å²) in [5, 5.41) is 7.99. The van der Waals surface area contributed by atoms with Crippen LogP contribution >= 0.6 is 0 Å². The lowest BCUT2D eigenvalue weighted by Crippen LogP contribution is -2.17. The lowest BCUT2D eigenvalue weighted by Gasteiger charge is -2.20. The predicted molar refractivity (Wildman–Crippen MR) is 117 cm³/mol. The van der Waals surface area contributed by atoms with E-state index in [1.165, 1.54) is 0 Å². The molecule has 4 aromatic rings. The Morgan fingerprint density at radius 1 is 1.16 bits per heavy atom. The Morgan fingerprint density at radius 3 is 2.81 bits per heavy atom. The van der Waals surface area contributed by atoms with Gasteiger partial charge in [-0.2, -0.15) is 5.10 Å². The van der Waals surface area contributed by atoms with Crippen LogP contribution in [0.5, 0.6) is 0 Å². The first-order valence-electron chi connectivity index (χ1n) is 10.2. The molecule has 0 saturated heterocycles. The fourth-order valence-electron chi connectivity index (χ4n) is 3.92. The average molecular weight is 414 g/mol. The molecular formula is C23H22N6O2. The van der Waals surface area contributed by atoms with E-state index in [1.54, 1.807) is 16.6 Å². The summed E-state index contributed by atoms with van der Waals surface area (Å²) in [5.74, 6) is 0.798. The number of nitrogens with one attached hydrogen (secondary N) is 1. The highest BCUT2D eigenvalue weighted by Gasteiger charge is 2.23. The minimum Gasteiger partial charge on any atom is -0.376 e. The average Bonchev–Trinajstić information content (AvgIpc) is 3.13. The second-order valence-corrected chi connectivity index (χ2v) is 7.50. The topological polar surface area (TPSA) is 107 Å². The van der Waals surface area contributed by atoms with E-state index in [4.69, 9.17) is 20.4 Å². The molecule has 3 aromatic heterocycles. The highest BCUT2D eigenvalue weighted by molar-refractivity contribution is 5.93. The summed E-state index contributed by atoms with van der Waals surface area (Å²) in [6.45, 7) is 3.63. The molecule has 0 saturated carbocycles. The first kappa shape index (κ1) is 19.2. The summed E-state index contributed by atoms with van der Waals surface area (Å²) in [6.07, 6.45) is 0.718. The molecule has 0 atom stereocenters. The zero-order chi connectivity index (χ0) is 21.4. The van der Waals surface area contributed by atoms with Crippen LogP contribution in [0, 0.1) is 6.92 Å². The Kier molecular flexibility index (Phi) is 4.83. The smallest absolute Gasteiger partial charge is 0.267 e. The highest BCUT2D eigenvalue weighted by Crippen LogP contribution is 2.31. The van der Waals surface area contributed by atoms with Gasteiger partial charge < -0.3 is 15.8 Å². The van der Waals surface area contributed by atoms with Crippen LogP contribution in [0.15, 0.2) is 48.5 Å². The van der Waals surface area contributed by atoms with Gasteiger partial charge in [0.05, 0.1) is 35.7 Å². The maximum atomic E-state index is 11.8. The summed E-state index contributed by atoms with van der Waals surface area (Å²) in [6, 6.07) is 15.5. The van der Waals surface area contributed by atoms with Crippen molar-refractivity contribution in [2.75, 3.05) is 11.9 Å². The third-order valence-electron chi connectivity index (χ3n) is 5.43. The molecule has 8 heteroatoms. The number of pyridine rings is 1. The van der Waals surface area contributed by atoms with Gasteiger partial charge in [-0.3, -0.25) is 4.79 Å². The minimum absolute atomic E-state index is 0.320. The molecule has 0 radical (unpaired) electrons. The van der Waals surface area contributed by atoms with Crippen molar-refractivity contribution in [1.29, 1.82) is 0 Å². The zero-order valence-corrected chi connectivity index (χ0v) is 17.1. The Bertz CT molecular complexity index is 1280. The monoisotopic (exact) mass is 414 g/mol. The Labute approximate surface area is 179 Å². The van der Waals surface area contributed by atoms with E-state index in [9.17, 15) is 4.79 Å². The van der Waals surface area contributed by atoms with Gasteiger partial charge in [-0.05, 0) is 24.6 Å². The molecule has 0 spiro atoms. The second kappa shape index (κ2) is 7.81. The van der Waals surface area contributed by atoms with E-state index < -0.39 is 5.91 Å². The Hall–Kier alpha value is -3.78. The number of benzene rings is 1. The number of aromatic nitrogens is 4. The van der Waals surface area contributed by atoms with E-state index in [1.807, 2.05) is 31.2 Å². The number of amides is 1. The normalized spacial score (nSPS) is 13.2. The van der Waals surface area contributed by atoms with Crippen LogP contribution in [-0.2, 0) is 24.3 Å². The number of aryl methyl sites for hydroxylation is 1. The molecule has 4 heterocycles. The van der Waals surface area contributed by atoms with Gasteiger partial charge >= 0.3 is 0 Å². The van der Waals surface area contributed by atoms with Crippen molar-refractivity contribution >= 4 is 17.2 Å². The molecule has 1 aromatic carbocycles. The van der Waals surface area contributed by atoms with Crippen LogP contribution in [0.3, 0.4) is 0 Å². The number of hydrogen-bond donors (Lipinski definition) is 2. The number of carbonyl (C=O) groups excluding carboxylic acids is 1. The molecular weight excluding hydrogens is 392 g/mol. The first-order chi connectivity index (χ1) is 15.1. The maximum absolute atomic E-state index is 11.8. The standard InChI is InChI=1S/C23H22N6O2/c1-14-20(18-8-5-9-19(21(24)30)29(18)28-14)23-26-17-10-11-31-13-16(17)22(27-23)25-12-15-6-3-2-4-7-15/h2-9H,10-13H2,1H3,(H2,24,30)(H,25,26,27). The number of ether oxygens (including phenoxy) is 1. The third kappa shape index (κ3) is 3.51. The summed E-state index contributed by atoms with van der Waals surface area (Å²) >= 11 is 0. The molecule has 8 nitrogen and oxygen atoms in total. The maximum Gasteiger partial charge on any atom is 0.267 e. The number of primary amides is 1. The van der Waals surface area contributed by atoms with Gasteiger partial charge in [-0.15, -0.1) is 0 Å². The molecule has 0 bridgehead atoms. The molecule has 0 aliphatic carbocycles. The van der Waals surface area contributed by atoms with Gasteiger partial charge in [0.25, 0.3) is 5.91 Å². The number of nitrogens with zero attached hydrogens (tertiary/aromatic N) is 4. The van der Waals surface area contributed by atoms with Crippen molar-refractivity contribution in [3.05, 3.63) is 76.7 Å². The Morgan fingerprint density at radius 2 is 2.00 bits per heavy atom. The second-order valence-electron chi connectivity index (χ2n) is 7.50. The number of hydrogen-bond acceptors (Lipinski definition) is 6. The number of anilines is 1. The zero-order valence-electron chi connectivity index (χ0n) is 17.1. The van der Waals surface area contributed by atoms with Crippen molar-refractivity contribution in [1.82, 2.24) is 19.6 Å². The molecule has 1 amide bonds. The molecule has 3 N–H and O–H groups in total. The van der Waals surface area contributed by atoms with Gasteiger partial charge in [0.1, 0.15) is 11.5 Å². The van der Waals surface area contributed by atoms with E-state index in [-0.39, 0.29) is 0 Å². The summed E-state index contributed by atoms with van der Waals surface area (Å²) in [4.78, 5) is 21.6. The number of fused-ring (bicyclic) bond motifs is 2. The molecule has 0 unspecified atom stereocenters. The van der Waals surface area contributed by atoms with E-state index in [0.717, 1.165) is 45.8 Å². The number of nitrogens with two attached hydrogens (primary N) is 1. The van der Waals surface area contributed by atoms with Crippen LogP contribution in [0.4, 0.5) is 5.82 Å². The summed E-state index contributed by atoms with van der Waals surface area (Å²) in [5.41, 5.74) is 11.2. The number of carbonyl (C=O) groups is 1. The van der Waals surface area contributed by atoms with Crippen molar-refractivity contribution in [3.8, 4) is 11.4 Å². The molecule has 5 rings (SSSR count). The van der Waals surface area contributed by atoms with Crippen LogP contribution in [0.2, 0.25) is 0 Å². The van der Waals surface area contributed by atoms with Crippen LogP contribution < -0.4 is 11.1 Å². The van der Waals surface area contributed by atoms with Crippen molar-refractivity contribution in [2.45, 2.75) is 26.5 Å². The quantitative estimate of drug-likeness (QED) is 0.520. The lowest BCUT2D eigenvalue weighted by molar-refractivity contribution is 0.0993. The van der Waals surface area contributed by atoms with Gasteiger partial charge in [0.2, 0.25) is 0 Å². The van der Waals surface area contributed by atoms with Crippen LogP contribution in [0.1, 0.15) is 33.0 Å². The van der Waals surface area contributed by atoms with Gasteiger partial charge in [0.15, 0.2) is 5.82 Å². The third-order valence-corrected chi connectivity index (χ3v) is 5.43. The molecule has 31 heavy (non-hydrogen) atoms. The van der Waals surface area contributed by atoms with E-state index >= 15 is 0 Å². The number of rotatable bonds is 5. The van der Waals surface area contributed by atoms with E-state index in [2.05, 4.69) is 22.5 Å². The van der Waals surface area contributed by atoms with Crippen molar-refractivity contribution < 1.29 is 9.53 Å². The minimum atomic E-state index is -0.534. The summed E-state index contributed by atoms with van der Waals surface area (Å²) in [7, 11) is 0. The van der Waals surface area contributed by atoms with Crippen molar-refractivity contribution in [3.63, 3.8) is 0 Å².